The van der Waals surface area contributed by atoms with E-state index in [0.29, 0.717) is 29.2 Å². The van der Waals surface area contributed by atoms with Crippen LogP contribution in [0.5, 0.6) is 0 Å². The lowest BCUT2D eigenvalue weighted by Gasteiger charge is -2.06. The van der Waals surface area contributed by atoms with Crippen LogP contribution < -0.4 is 11.1 Å². The fourth-order valence-corrected chi connectivity index (χ4v) is 2.59. The molecule has 100 valence electrons. The molecule has 0 atom stereocenters. The maximum atomic E-state index is 11.9. The third kappa shape index (κ3) is 3.68. The number of carbonyl (C=O) groups is 1. The lowest BCUT2D eigenvalue weighted by atomic mass is 10.2. The first-order valence-corrected chi connectivity index (χ1v) is 7.06. The van der Waals surface area contributed by atoms with Gasteiger partial charge in [0.1, 0.15) is 0 Å². The van der Waals surface area contributed by atoms with E-state index in [1.165, 1.54) is 0 Å². The molecule has 19 heavy (non-hydrogen) atoms. The molecule has 0 radical (unpaired) electrons. The molecule has 2 rings (SSSR count). The van der Waals surface area contributed by atoms with Gasteiger partial charge >= 0.3 is 0 Å². The largest absolute Gasteiger partial charge is 0.399 e. The van der Waals surface area contributed by atoms with Gasteiger partial charge < -0.3 is 11.1 Å². The van der Waals surface area contributed by atoms with Crippen molar-refractivity contribution in [3.05, 3.63) is 44.9 Å². The standard InChI is InChI=1S/C13H14ClN3OS/c1-8-7-19-12(17-8)4-5-16-13(18)10-6-9(15)2-3-11(10)14/h2-3,6-7H,4-5,15H2,1H3,(H,16,18). The summed E-state index contributed by atoms with van der Waals surface area (Å²) in [6, 6.07) is 4.86. The maximum Gasteiger partial charge on any atom is 0.252 e. The summed E-state index contributed by atoms with van der Waals surface area (Å²) in [5, 5.41) is 6.21. The summed E-state index contributed by atoms with van der Waals surface area (Å²) in [7, 11) is 0. The highest BCUT2D eigenvalue weighted by atomic mass is 35.5. The third-order valence-corrected chi connectivity index (χ3v) is 3.88. The Morgan fingerprint density at radius 3 is 3.00 bits per heavy atom. The molecular weight excluding hydrogens is 282 g/mol. The Bertz CT molecular complexity index is 597. The summed E-state index contributed by atoms with van der Waals surface area (Å²) >= 11 is 7.56. The van der Waals surface area contributed by atoms with Gasteiger partial charge in [-0.3, -0.25) is 4.79 Å². The minimum atomic E-state index is -0.217. The number of halogens is 1. The highest BCUT2D eigenvalue weighted by molar-refractivity contribution is 7.09. The van der Waals surface area contributed by atoms with E-state index in [0.717, 1.165) is 10.7 Å². The first-order chi connectivity index (χ1) is 9.06. The van der Waals surface area contributed by atoms with Gasteiger partial charge in [-0.1, -0.05) is 11.6 Å². The van der Waals surface area contributed by atoms with Crippen molar-refractivity contribution in [1.29, 1.82) is 0 Å². The highest BCUT2D eigenvalue weighted by Gasteiger charge is 2.10. The number of amides is 1. The van der Waals surface area contributed by atoms with Crippen molar-refractivity contribution >= 4 is 34.5 Å². The van der Waals surface area contributed by atoms with Crippen LogP contribution in [0.2, 0.25) is 5.02 Å². The van der Waals surface area contributed by atoms with Crippen molar-refractivity contribution in [1.82, 2.24) is 10.3 Å². The molecule has 3 N–H and O–H groups in total. The molecule has 0 spiro atoms. The van der Waals surface area contributed by atoms with Gasteiger partial charge in [0.2, 0.25) is 0 Å². The minimum Gasteiger partial charge on any atom is -0.399 e. The number of benzene rings is 1. The Balaban J connectivity index is 1.92. The normalized spacial score (nSPS) is 10.4. The molecule has 4 nitrogen and oxygen atoms in total. The molecule has 0 saturated carbocycles. The Morgan fingerprint density at radius 2 is 2.32 bits per heavy atom. The first-order valence-electron chi connectivity index (χ1n) is 5.80. The summed E-state index contributed by atoms with van der Waals surface area (Å²) in [6.45, 7) is 2.47. The Kier molecular flexibility index (Phi) is 4.39. The molecule has 0 unspecified atom stereocenters. The van der Waals surface area contributed by atoms with E-state index in [4.69, 9.17) is 17.3 Å². The van der Waals surface area contributed by atoms with Crippen LogP contribution >= 0.6 is 22.9 Å². The molecular formula is C13H14ClN3OS. The number of hydrogen-bond donors (Lipinski definition) is 2. The van der Waals surface area contributed by atoms with E-state index in [1.54, 1.807) is 29.5 Å². The van der Waals surface area contributed by atoms with Crippen molar-refractivity contribution in [2.24, 2.45) is 0 Å². The number of aromatic nitrogens is 1. The fraction of sp³-hybridized carbons (Fsp3) is 0.231. The van der Waals surface area contributed by atoms with E-state index in [-0.39, 0.29) is 5.91 Å². The van der Waals surface area contributed by atoms with Crippen molar-refractivity contribution < 1.29 is 4.79 Å². The quantitative estimate of drug-likeness (QED) is 0.852. The van der Waals surface area contributed by atoms with Crippen molar-refractivity contribution in [3.63, 3.8) is 0 Å². The van der Waals surface area contributed by atoms with Crippen LogP contribution in [-0.4, -0.2) is 17.4 Å². The number of nitrogens with two attached hydrogens (primary N) is 1. The van der Waals surface area contributed by atoms with E-state index in [2.05, 4.69) is 10.3 Å². The number of nitrogens with one attached hydrogen (secondary N) is 1. The number of aryl methyl sites for hydroxylation is 1. The van der Waals surface area contributed by atoms with Gasteiger partial charge in [-0.25, -0.2) is 4.98 Å². The maximum absolute atomic E-state index is 11.9. The monoisotopic (exact) mass is 295 g/mol. The van der Waals surface area contributed by atoms with Crippen molar-refractivity contribution in [2.45, 2.75) is 13.3 Å². The molecule has 0 fully saturated rings. The molecule has 0 aliphatic heterocycles. The molecule has 1 aromatic carbocycles. The number of rotatable bonds is 4. The number of carbonyl (C=O) groups excluding carboxylic acids is 1. The zero-order valence-electron chi connectivity index (χ0n) is 10.4. The Morgan fingerprint density at radius 1 is 1.53 bits per heavy atom. The van der Waals surface area contributed by atoms with Gasteiger partial charge in [-0.2, -0.15) is 0 Å². The van der Waals surface area contributed by atoms with E-state index in [1.807, 2.05) is 12.3 Å². The van der Waals surface area contributed by atoms with Crippen LogP contribution in [0.25, 0.3) is 0 Å². The van der Waals surface area contributed by atoms with Gasteiger partial charge in [-0.15, -0.1) is 11.3 Å². The summed E-state index contributed by atoms with van der Waals surface area (Å²) < 4.78 is 0. The smallest absolute Gasteiger partial charge is 0.252 e. The third-order valence-electron chi connectivity index (χ3n) is 2.53. The predicted octanol–water partition coefficient (Wildman–Crippen LogP) is 2.66. The van der Waals surface area contributed by atoms with Crippen LogP contribution in [0.3, 0.4) is 0 Å². The molecule has 0 aliphatic carbocycles. The zero-order valence-corrected chi connectivity index (χ0v) is 12.0. The van der Waals surface area contributed by atoms with Crippen LogP contribution in [0.15, 0.2) is 23.6 Å². The number of hydrogen-bond acceptors (Lipinski definition) is 4. The average molecular weight is 296 g/mol. The summed E-state index contributed by atoms with van der Waals surface area (Å²) in [6.07, 6.45) is 0.712. The molecule has 0 saturated heterocycles. The van der Waals surface area contributed by atoms with Crippen LogP contribution in [0.4, 0.5) is 5.69 Å². The van der Waals surface area contributed by atoms with E-state index < -0.39 is 0 Å². The Labute approximate surface area is 120 Å². The van der Waals surface area contributed by atoms with Crippen LogP contribution in [0, 0.1) is 6.92 Å². The van der Waals surface area contributed by atoms with Crippen LogP contribution in [0.1, 0.15) is 21.1 Å². The van der Waals surface area contributed by atoms with Crippen molar-refractivity contribution in [3.8, 4) is 0 Å². The molecule has 6 heteroatoms. The molecule has 1 heterocycles. The lowest BCUT2D eigenvalue weighted by molar-refractivity contribution is 0.0954. The van der Waals surface area contributed by atoms with Crippen molar-refractivity contribution in [2.75, 3.05) is 12.3 Å². The van der Waals surface area contributed by atoms with E-state index >= 15 is 0 Å². The summed E-state index contributed by atoms with van der Waals surface area (Å²) in [4.78, 5) is 16.3. The first kappa shape index (κ1) is 13.8. The minimum absolute atomic E-state index is 0.217. The van der Waals surface area contributed by atoms with Gasteiger partial charge in [0.25, 0.3) is 5.91 Å². The molecule has 0 bridgehead atoms. The molecule has 1 aromatic heterocycles. The topological polar surface area (TPSA) is 68.0 Å². The predicted molar refractivity (Wildman–Crippen MR) is 78.8 cm³/mol. The second-order valence-electron chi connectivity index (χ2n) is 4.13. The lowest BCUT2D eigenvalue weighted by Crippen LogP contribution is -2.26. The highest BCUT2D eigenvalue weighted by Crippen LogP contribution is 2.18. The number of thiazole rings is 1. The van der Waals surface area contributed by atoms with E-state index in [9.17, 15) is 4.79 Å². The summed E-state index contributed by atoms with van der Waals surface area (Å²) in [5.74, 6) is -0.217. The molecule has 1 amide bonds. The zero-order chi connectivity index (χ0) is 13.8. The average Bonchev–Trinajstić information content (AvgIpc) is 2.78. The van der Waals surface area contributed by atoms with Gasteiger partial charge in [0, 0.05) is 29.7 Å². The second-order valence-corrected chi connectivity index (χ2v) is 5.48. The SMILES string of the molecule is Cc1csc(CCNC(=O)c2cc(N)ccc2Cl)n1. The van der Waals surface area contributed by atoms with Crippen LogP contribution in [-0.2, 0) is 6.42 Å². The van der Waals surface area contributed by atoms with Gasteiger partial charge in [-0.05, 0) is 25.1 Å². The molecule has 2 aromatic rings. The van der Waals surface area contributed by atoms with Gasteiger partial charge in [0.15, 0.2) is 0 Å². The number of nitrogen functional groups attached to an aromatic ring is 1. The second kappa shape index (κ2) is 6.04. The number of anilines is 1. The van der Waals surface area contributed by atoms with Gasteiger partial charge in [0.05, 0.1) is 15.6 Å². The Hall–Kier alpha value is -1.59. The fourth-order valence-electron chi connectivity index (χ4n) is 1.61. The summed E-state index contributed by atoms with van der Waals surface area (Å²) in [5.41, 5.74) is 7.56. The number of nitrogens with zero attached hydrogens (tertiary/aromatic N) is 1. The molecule has 0 aliphatic rings.